The molecule has 1 heterocycles. The number of carboxylic acids is 1. The number of rotatable bonds is 3. The Morgan fingerprint density at radius 1 is 1.82 bits per heavy atom. The lowest BCUT2D eigenvalue weighted by atomic mass is 10.2. The van der Waals surface area contributed by atoms with E-state index in [0.29, 0.717) is 0 Å². The molecule has 0 radical (unpaired) electrons. The van der Waals surface area contributed by atoms with Gasteiger partial charge in [-0.2, -0.15) is 5.10 Å². The summed E-state index contributed by atoms with van der Waals surface area (Å²) in [5.41, 5.74) is 0.188. The quantitative estimate of drug-likeness (QED) is 0.613. The molecule has 11 heavy (non-hydrogen) atoms. The zero-order chi connectivity index (χ0) is 8.27. The molecule has 1 rings (SSSR count). The van der Waals surface area contributed by atoms with Crippen molar-refractivity contribution in [3.63, 3.8) is 0 Å². The monoisotopic (exact) mass is 155 g/mol. The summed E-state index contributed by atoms with van der Waals surface area (Å²) in [6, 6.07) is 0.0118. The maximum Gasteiger partial charge on any atom is 0.338 e. The first-order valence-corrected chi connectivity index (χ1v) is 2.80. The van der Waals surface area contributed by atoms with Crippen LogP contribution in [0.1, 0.15) is 11.7 Å². The van der Waals surface area contributed by atoms with Gasteiger partial charge in [-0.25, -0.2) is 4.79 Å². The van der Waals surface area contributed by atoms with Crippen molar-refractivity contribution in [2.75, 3.05) is 0 Å². The van der Waals surface area contributed by atoms with Crippen LogP contribution in [0.15, 0.2) is 17.4 Å². The van der Waals surface area contributed by atoms with Gasteiger partial charge in [-0.3, -0.25) is 5.10 Å². The number of carboxylic acid groups (broad SMARTS) is 1. The summed E-state index contributed by atoms with van der Waals surface area (Å²) in [5.74, 6) is -1.29. The Morgan fingerprint density at radius 2 is 2.55 bits per heavy atom. The maximum atomic E-state index is 10.3. The van der Waals surface area contributed by atoms with E-state index in [1.807, 2.05) is 0 Å². The Labute approximate surface area is 61.2 Å². The Hall–Kier alpha value is -1.72. The van der Waals surface area contributed by atoms with Gasteiger partial charge < -0.3 is 5.11 Å². The third-order valence-corrected chi connectivity index (χ3v) is 1.16. The van der Waals surface area contributed by atoms with Crippen molar-refractivity contribution < 1.29 is 9.90 Å². The summed E-state index contributed by atoms with van der Waals surface area (Å²) in [7, 11) is 0. The minimum absolute atomic E-state index is 0.188. The molecule has 0 saturated carbocycles. The molecule has 2 N–H and O–H groups in total. The number of aromatic amines is 1. The number of nitrogens with one attached hydrogen (secondary N) is 1. The SMILES string of the molecule is O=NC(C(=O)O)c1ccn[nH]1. The minimum Gasteiger partial charge on any atom is -0.479 e. The van der Waals surface area contributed by atoms with Crippen LogP contribution in [-0.2, 0) is 4.79 Å². The smallest absolute Gasteiger partial charge is 0.338 e. The second-order valence-electron chi connectivity index (χ2n) is 1.86. The summed E-state index contributed by atoms with van der Waals surface area (Å²) >= 11 is 0. The van der Waals surface area contributed by atoms with Crippen LogP contribution in [0.2, 0.25) is 0 Å². The molecule has 0 bridgehead atoms. The van der Waals surface area contributed by atoms with Crippen LogP contribution < -0.4 is 0 Å². The summed E-state index contributed by atoms with van der Waals surface area (Å²) < 4.78 is 0. The molecule has 6 heteroatoms. The largest absolute Gasteiger partial charge is 0.479 e. The molecule has 0 aliphatic carbocycles. The standard InChI is InChI=1S/C5H5N3O3/c9-5(10)4(8-11)3-1-2-6-7-3/h1-2,4H,(H,6,7)(H,9,10). The van der Waals surface area contributed by atoms with Crippen LogP contribution in [0.4, 0.5) is 0 Å². The van der Waals surface area contributed by atoms with Crippen LogP contribution >= 0.6 is 0 Å². The lowest BCUT2D eigenvalue weighted by Gasteiger charge is -1.97. The maximum absolute atomic E-state index is 10.3. The average Bonchev–Trinajstić information content (AvgIpc) is 2.40. The highest BCUT2D eigenvalue weighted by atomic mass is 16.4. The number of carbonyl (C=O) groups is 1. The molecule has 58 valence electrons. The van der Waals surface area contributed by atoms with Crippen molar-refractivity contribution in [3.05, 3.63) is 22.9 Å². The van der Waals surface area contributed by atoms with Gasteiger partial charge in [0.15, 0.2) is 0 Å². The number of nitroso groups, excluding NO2 is 1. The highest BCUT2D eigenvalue weighted by Gasteiger charge is 2.21. The second-order valence-corrected chi connectivity index (χ2v) is 1.86. The predicted molar refractivity (Wildman–Crippen MR) is 34.8 cm³/mol. The Morgan fingerprint density at radius 3 is 2.91 bits per heavy atom. The Kier molecular flexibility index (Phi) is 1.95. The fourth-order valence-electron chi connectivity index (χ4n) is 0.654. The van der Waals surface area contributed by atoms with Gasteiger partial charge in [-0.15, -0.1) is 4.91 Å². The molecule has 0 saturated heterocycles. The van der Waals surface area contributed by atoms with Crippen molar-refractivity contribution in [2.45, 2.75) is 6.04 Å². The number of hydrogen-bond donors (Lipinski definition) is 2. The molecule has 1 aromatic rings. The lowest BCUT2D eigenvalue weighted by Crippen LogP contribution is -2.08. The Bertz CT molecular complexity index is 256. The number of hydrogen-bond acceptors (Lipinski definition) is 4. The molecule has 1 unspecified atom stereocenters. The fourth-order valence-corrected chi connectivity index (χ4v) is 0.654. The van der Waals surface area contributed by atoms with Gasteiger partial charge in [0.05, 0.1) is 5.69 Å². The van der Waals surface area contributed by atoms with Crippen molar-refractivity contribution >= 4 is 5.97 Å². The first-order chi connectivity index (χ1) is 5.25. The van der Waals surface area contributed by atoms with E-state index >= 15 is 0 Å². The van der Waals surface area contributed by atoms with E-state index in [9.17, 15) is 9.70 Å². The molecule has 0 spiro atoms. The predicted octanol–water partition coefficient (Wildman–Crippen LogP) is 0.302. The first-order valence-electron chi connectivity index (χ1n) is 2.80. The van der Waals surface area contributed by atoms with E-state index in [0.717, 1.165) is 0 Å². The molecule has 0 fully saturated rings. The van der Waals surface area contributed by atoms with Crippen molar-refractivity contribution in [2.24, 2.45) is 5.18 Å². The second kappa shape index (κ2) is 2.91. The van der Waals surface area contributed by atoms with Crippen LogP contribution in [0.5, 0.6) is 0 Å². The van der Waals surface area contributed by atoms with E-state index in [1.165, 1.54) is 12.3 Å². The van der Waals surface area contributed by atoms with Crippen molar-refractivity contribution in [1.29, 1.82) is 0 Å². The average molecular weight is 155 g/mol. The summed E-state index contributed by atoms with van der Waals surface area (Å²) in [6.07, 6.45) is 1.36. The van der Waals surface area contributed by atoms with E-state index in [-0.39, 0.29) is 5.69 Å². The van der Waals surface area contributed by atoms with Crippen molar-refractivity contribution in [3.8, 4) is 0 Å². The molecule has 0 aliphatic rings. The first kappa shape index (κ1) is 7.39. The molecule has 6 nitrogen and oxygen atoms in total. The minimum atomic E-state index is -1.38. The zero-order valence-corrected chi connectivity index (χ0v) is 5.39. The van der Waals surface area contributed by atoms with Crippen LogP contribution in [-0.4, -0.2) is 21.3 Å². The third-order valence-electron chi connectivity index (χ3n) is 1.16. The number of nitrogens with zero attached hydrogens (tertiary/aromatic N) is 2. The van der Waals surface area contributed by atoms with Gasteiger partial charge in [0.2, 0.25) is 6.04 Å². The molecule has 1 aromatic heterocycles. The van der Waals surface area contributed by atoms with E-state index < -0.39 is 12.0 Å². The lowest BCUT2D eigenvalue weighted by molar-refractivity contribution is -0.138. The summed E-state index contributed by atoms with van der Waals surface area (Å²) in [4.78, 5) is 20.3. The van der Waals surface area contributed by atoms with Gasteiger partial charge in [-0.05, 0) is 11.2 Å². The summed E-state index contributed by atoms with van der Waals surface area (Å²) in [5, 5.41) is 16.6. The fraction of sp³-hybridized carbons (Fsp3) is 0.200. The van der Waals surface area contributed by atoms with Gasteiger partial charge in [-0.1, -0.05) is 0 Å². The van der Waals surface area contributed by atoms with E-state index in [2.05, 4.69) is 15.4 Å². The van der Waals surface area contributed by atoms with Gasteiger partial charge in [0.1, 0.15) is 0 Å². The van der Waals surface area contributed by atoms with Gasteiger partial charge in [0.25, 0.3) is 0 Å². The van der Waals surface area contributed by atoms with Crippen molar-refractivity contribution in [1.82, 2.24) is 10.2 Å². The number of aromatic nitrogens is 2. The highest BCUT2D eigenvalue weighted by Crippen LogP contribution is 2.12. The highest BCUT2D eigenvalue weighted by molar-refractivity contribution is 5.74. The zero-order valence-electron chi connectivity index (χ0n) is 5.39. The topological polar surface area (TPSA) is 95.4 Å². The van der Waals surface area contributed by atoms with E-state index in [4.69, 9.17) is 5.11 Å². The third kappa shape index (κ3) is 1.40. The molecule has 0 aromatic carbocycles. The van der Waals surface area contributed by atoms with E-state index in [1.54, 1.807) is 0 Å². The van der Waals surface area contributed by atoms with Crippen LogP contribution in [0.25, 0.3) is 0 Å². The number of aliphatic carboxylic acids is 1. The van der Waals surface area contributed by atoms with Gasteiger partial charge in [0, 0.05) is 6.20 Å². The normalized spacial score (nSPS) is 12.4. The van der Waals surface area contributed by atoms with Crippen LogP contribution in [0, 0.1) is 4.91 Å². The molecular weight excluding hydrogens is 150 g/mol. The Balaban J connectivity index is 2.88. The molecule has 0 amide bonds. The van der Waals surface area contributed by atoms with Gasteiger partial charge >= 0.3 is 5.97 Å². The summed E-state index contributed by atoms with van der Waals surface area (Å²) in [6.45, 7) is 0. The molecule has 1 atom stereocenters. The molecular formula is C5H5N3O3. The van der Waals surface area contributed by atoms with Crippen LogP contribution in [0.3, 0.4) is 0 Å². The number of H-pyrrole nitrogens is 1. The molecule has 0 aliphatic heterocycles.